The van der Waals surface area contributed by atoms with Gasteiger partial charge in [-0.1, -0.05) is 11.6 Å². The van der Waals surface area contributed by atoms with Crippen LogP contribution in [0.3, 0.4) is 0 Å². The van der Waals surface area contributed by atoms with Crippen molar-refractivity contribution in [3.8, 4) is 0 Å². The minimum absolute atomic E-state index is 0.203. The summed E-state index contributed by atoms with van der Waals surface area (Å²) in [5, 5.41) is 11.7. The molecule has 0 unspecified atom stereocenters. The quantitative estimate of drug-likeness (QED) is 0.692. The number of carbonyl (C=O) groups excluding carboxylic acids is 1. The Morgan fingerprint density at radius 1 is 1.42 bits per heavy atom. The Morgan fingerprint density at radius 3 is 2.79 bits per heavy atom. The first-order chi connectivity index (χ1) is 9.15. The second-order valence-electron chi connectivity index (χ2n) is 5.45. The highest BCUT2D eigenvalue weighted by Gasteiger charge is 2.27. The van der Waals surface area contributed by atoms with E-state index in [0.717, 1.165) is 32.1 Å². The topological polar surface area (TPSA) is 69.6 Å². The van der Waals surface area contributed by atoms with Crippen molar-refractivity contribution in [2.75, 3.05) is 19.6 Å². The van der Waals surface area contributed by atoms with Crippen LogP contribution >= 0.6 is 0 Å². The van der Waals surface area contributed by atoms with Crippen LogP contribution in [0.2, 0.25) is 0 Å². The summed E-state index contributed by atoms with van der Waals surface area (Å²) >= 11 is 0. The van der Waals surface area contributed by atoms with Crippen LogP contribution in [0.15, 0.2) is 11.6 Å². The second-order valence-corrected chi connectivity index (χ2v) is 5.45. The van der Waals surface area contributed by atoms with Crippen molar-refractivity contribution in [3.05, 3.63) is 11.6 Å². The van der Waals surface area contributed by atoms with E-state index in [9.17, 15) is 9.59 Å². The van der Waals surface area contributed by atoms with Crippen molar-refractivity contribution in [1.82, 2.24) is 10.2 Å². The number of nitrogens with one attached hydrogen (secondary N) is 1. The van der Waals surface area contributed by atoms with E-state index in [-0.39, 0.29) is 12.6 Å². The summed E-state index contributed by atoms with van der Waals surface area (Å²) in [4.78, 5) is 24.1. The third kappa shape index (κ3) is 4.93. The Hall–Kier alpha value is -1.52. The molecule has 5 nitrogen and oxygen atoms in total. The van der Waals surface area contributed by atoms with E-state index >= 15 is 0 Å². The molecule has 1 saturated carbocycles. The molecule has 5 heteroatoms. The molecule has 2 aliphatic carbocycles. The number of hydrogen-bond donors (Lipinski definition) is 2. The van der Waals surface area contributed by atoms with E-state index in [0.29, 0.717) is 19.0 Å². The molecule has 0 aromatic heterocycles. The van der Waals surface area contributed by atoms with E-state index in [4.69, 9.17) is 5.11 Å². The highest BCUT2D eigenvalue weighted by Crippen LogP contribution is 2.29. The fraction of sp³-hybridized carbons (Fsp3) is 0.714. The summed E-state index contributed by atoms with van der Waals surface area (Å²) in [6, 6.07) is -0.243. The fourth-order valence-electron chi connectivity index (χ4n) is 2.40. The Balaban J connectivity index is 1.72. The lowest BCUT2D eigenvalue weighted by molar-refractivity contribution is -0.137. The molecule has 0 saturated heterocycles. The monoisotopic (exact) mass is 266 g/mol. The predicted molar refractivity (Wildman–Crippen MR) is 71.9 cm³/mol. The van der Waals surface area contributed by atoms with Crippen LogP contribution in [0.5, 0.6) is 0 Å². The van der Waals surface area contributed by atoms with Gasteiger partial charge in [0.25, 0.3) is 0 Å². The lowest BCUT2D eigenvalue weighted by Gasteiger charge is -2.21. The summed E-state index contributed by atoms with van der Waals surface area (Å²) in [6.07, 6.45) is 8.84. The van der Waals surface area contributed by atoms with E-state index in [1.165, 1.54) is 16.9 Å². The van der Waals surface area contributed by atoms with E-state index in [2.05, 4.69) is 11.4 Å². The molecule has 0 bridgehead atoms. The lowest BCUT2D eigenvalue weighted by atomic mass is 10.2. The zero-order valence-electron chi connectivity index (χ0n) is 11.2. The number of carboxylic acids is 1. The minimum Gasteiger partial charge on any atom is -0.480 e. The van der Waals surface area contributed by atoms with E-state index in [1.807, 2.05) is 0 Å². The first kappa shape index (κ1) is 13.9. The van der Waals surface area contributed by atoms with Crippen LogP contribution in [0.25, 0.3) is 0 Å². The van der Waals surface area contributed by atoms with Gasteiger partial charge in [0, 0.05) is 13.1 Å². The zero-order chi connectivity index (χ0) is 13.7. The summed E-state index contributed by atoms with van der Waals surface area (Å²) < 4.78 is 0. The number of amides is 2. The van der Waals surface area contributed by atoms with Crippen molar-refractivity contribution < 1.29 is 14.7 Å². The molecule has 2 N–H and O–H groups in total. The standard InChI is InChI=1S/C14H22N2O3/c17-13(18)10-16(9-12-5-6-12)14(19)15-8-7-11-3-1-2-4-11/h3,12H,1-2,4-10H2,(H,15,19)(H,17,18). The van der Waals surface area contributed by atoms with Crippen LogP contribution in [0, 0.1) is 5.92 Å². The fourth-order valence-corrected chi connectivity index (χ4v) is 2.40. The molecule has 2 rings (SSSR count). The zero-order valence-corrected chi connectivity index (χ0v) is 11.2. The maximum atomic E-state index is 11.9. The number of nitrogens with zero attached hydrogens (tertiary/aromatic N) is 1. The Labute approximate surface area is 113 Å². The van der Waals surface area contributed by atoms with Crippen molar-refractivity contribution in [3.63, 3.8) is 0 Å². The predicted octanol–water partition coefficient (Wildman–Crippen LogP) is 1.99. The van der Waals surface area contributed by atoms with Gasteiger partial charge in [-0.2, -0.15) is 0 Å². The molecule has 19 heavy (non-hydrogen) atoms. The molecule has 1 fully saturated rings. The number of hydrogen-bond acceptors (Lipinski definition) is 2. The van der Waals surface area contributed by atoms with Crippen LogP contribution in [-0.2, 0) is 4.79 Å². The minimum atomic E-state index is -0.950. The van der Waals surface area contributed by atoms with Crippen molar-refractivity contribution >= 4 is 12.0 Å². The van der Waals surface area contributed by atoms with Gasteiger partial charge in [0.15, 0.2) is 0 Å². The molecule has 0 radical (unpaired) electrons. The number of allylic oxidation sites excluding steroid dienone is 1. The van der Waals surface area contributed by atoms with Gasteiger partial charge in [-0.25, -0.2) is 4.79 Å². The summed E-state index contributed by atoms with van der Waals surface area (Å²) in [7, 11) is 0. The summed E-state index contributed by atoms with van der Waals surface area (Å²) in [5.74, 6) is -0.447. The molecule has 0 heterocycles. The Bertz CT molecular complexity index is 375. The number of rotatable bonds is 7. The highest BCUT2D eigenvalue weighted by atomic mass is 16.4. The van der Waals surface area contributed by atoms with E-state index < -0.39 is 5.97 Å². The van der Waals surface area contributed by atoms with Crippen LogP contribution in [0.4, 0.5) is 4.79 Å². The molecule has 0 spiro atoms. The largest absolute Gasteiger partial charge is 0.480 e. The van der Waals surface area contributed by atoms with Gasteiger partial charge in [-0.3, -0.25) is 4.79 Å². The third-order valence-corrected chi connectivity index (χ3v) is 3.65. The van der Waals surface area contributed by atoms with Crippen molar-refractivity contribution in [2.24, 2.45) is 5.92 Å². The molecule has 0 aromatic rings. The van der Waals surface area contributed by atoms with Gasteiger partial charge < -0.3 is 15.3 Å². The van der Waals surface area contributed by atoms with Gasteiger partial charge >= 0.3 is 12.0 Å². The molecular weight excluding hydrogens is 244 g/mol. The average molecular weight is 266 g/mol. The number of carbonyl (C=O) groups is 2. The van der Waals surface area contributed by atoms with Gasteiger partial charge in [0.05, 0.1) is 0 Å². The van der Waals surface area contributed by atoms with Crippen molar-refractivity contribution in [2.45, 2.75) is 38.5 Å². The molecule has 2 amide bonds. The van der Waals surface area contributed by atoms with Crippen LogP contribution < -0.4 is 5.32 Å². The maximum absolute atomic E-state index is 11.9. The van der Waals surface area contributed by atoms with Gasteiger partial charge in [0.2, 0.25) is 0 Å². The average Bonchev–Trinajstić information content (AvgIpc) is 3.02. The van der Waals surface area contributed by atoms with E-state index in [1.54, 1.807) is 0 Å². The lowest BCUT2D eigenvalue weighted by Crippen LogP contribution is -2.44. The molecule has 0 atom stereocenters. The third-order valence-electron chi connectivity index (χ3n) is 3.65. The van der Waals surface area contributed by atoms with Gasteiger partial charge in [0.1, 0.15) is 6.54 Å². The van der Waals surface area contributed by atoms with Crippen LogP contribution in [0.1, 0.15) is 38.5 Å². The molecule has 106 valence electrons. The first-order valence-corrected chi connectivity index (χ1v) is 7.07. The number of carboxylic acid groups (broad SMARTS) is 1. The van der Waals surface area contributed by atoms with Gasteiger partial charge in [-0.15, -0.1) is 0 Å². The van der Waals surface area contributed by atoms with Crippen LogP contribution in [-0.4, -0.2) is 41.6 Å². The number of aliphatic carboxylic acids is 1. The molecule has 2 aliphatic rings. The molecule has 0 aromatic carbocycles. The Kier molecular flexibility index (Phi) is 4.82. The van der Waals surface area contributed by atoms with Crippen molar-refractivity contribution in [1.29, 1.82) is 0 Å². The number of urea groups is 1. The summed E-state index contributed by atoms with van der Waals surface area (Å²) in [5.41, 5.74) is 1.41. The SMILES string of the molecule is O=C(O)CN(CC1CC1)C(=O)NCCC1=CCCC1. The van der Waals surface area contributed by atoms with Gasteiger partial charge in [-0.05, 0) is 44.4 Å². The normalized spacial score (nSPS) is 18.0. The summed E-state index contributed by atoms with van der Waals surface area (Å²) in [6.45, 7) is 0.970. The second kappa shape index (κ2) is 6.59. The molecule has 0 aliphatic heterocycles. The molecular formula is C14H22N2O3. The first-order valence-electron chi connectivity index (χ1n) is 7.07. The maximum Gasteiger partial charge on any atom is 0.323 e. The Morgan fingerprint density at radius 2 is 2.21 bits per heavy atom. The highest BCUT2D eigenvalue weighted by molar-refractivity contribution is 5.80. The smallest absolute Gasteiger partial charge is 0.323 e.